The smallest absolute Gasteiger partial charge is 0.222 e. The molecule has 0 aromatic carbocycles. The van der Waals surface area contributed by atoms with Crippen LogP contribution < -0.4 is 5.32 Å². The van der Waals surface area contributed by atoms with Gasteiger partial charge in [0.25, 0.3) is 0 Å². The Bertz CT molecular complexity index is 175. The molecule has 1 amide bonds. The fourth-order valence-corrected chi connectivity index (χ4v) is 2.15. The highest BCUT2D eigenvalue weighted by atomic mass is 16.2. The van der Waals surface area contributed by atoms with Gasteiger partial charge in [0.05, 0.1) is 0 Å². The summed E-state index contributed by atoms with van der Waals surface area (Å²) in [5, 5.41) is 3.34. The normalized spacial score (nSPS) is 31.2. The van der Waals surface area contributed by atoms with Crippen LogP contribution in [0.5, 0.6) is 0 Å². The average Bonchev–Trinajstić information content (AvgIpc) is 2.53. The first kappa shape index (κ1) is 8.05. The highest BCUT2D eigenvalue weighted by Crippen LogP contribution is 2.17. The van der Waals surface area contributed by atoms with Crippen LogP contribution in [-0.2, 0) is 4.79 Å². The van der Waals surface area contributed by atoms with E-state index in [1.807, 2.05) is 0 Å². The zero-order valence-electron chi connectivity index (χ0n) is 7.38. The third-order valence-electron chi connectivity index (χ3n) is 2.82. The molecule has 0 aromatic rings. The molecular formula is C9H16N2O. The number of likely N-dealkylation sites (tertiary alicyclic amines) is 1. The number of nitrogens with one attached hydrogen (secondary N) is 1. The van der Waals surface area contributed by atoms with E-state index in [0.29, 0.717) is 11.9 Å². The maximum absolute atomic E-state index is 11.4. The van der Waals surface area contributed by atoms with Gasteiger partial charge in [0.1, 0.15) is 0 Å². The van der Waals surface area contributed by atoms with Gasteiger partial charge < -0.3 is 10.2 Å². The summed E-state index contributed by atoms with van der Waals surface area (Å²) >= 11 is 0. The Hall–Kier alpha value is -0.570. The predicted molar refractivity (Wildman–Crippen MR) is 46.8 cm³/mol. The van der Waals surface area contributed by atoms with Crippen molar-refractivity contribution < 1.29 is 4.79 Å². The number of piperidine rings is 1. The van der Waals surface area contributed by atoms with Gasteiger partial charge in [0.2, 0.25) is 5.91 Å². The van der Waals surface area contributed by atoms with Gasteiger partial charge in [0.15, 0.2) is 0 Å². The molecule has 3 heteroatoms. The van der Waals surface area contributed by atoms with Crippen LogP contribution in [0.3, 0.4) is 0 Å². The van der Waals surface area contributed by atoms with Crippen molar-refractivity contribution >= 4 is 5.91 Å². The molecule has 2 aliphatic rings. The molecule has 2 rings (SSSR count). The molecule has 1 atom stereocenters. The maximum Gasteiger partial charge on any atom is 0.222 e. The summed E-state index contributed by atoms with van der Waals surface area (Å²) in [6, 6.07) is 0.494. The predicted octanol–water partition coefficient (Wildman–Crippen LogP) is 0.361. The molecule has 0 bridgehead atoms. The lowest BCUT2D eigenvalue weighted by molar-refractivity contribution is -0.129. The molecule has 2 aliphatic heterocycles. The number of hydrogen-bond donors (Lipinski definition) is 1. The van der Waals surface area contributed by atoms with E-state index in [0.717, 1.165) is 32.5 Å². The molecule has 12 heavy (non-hydrogen) atoms. The molecule has 68 valence electrons. The molecule has 0 saturated carbocycles. The average molecular weight is 168 g/mol. The van der Waals surface area contributed by atoms with Gasteiger partial charge in [-0.05, 0) is 25.8 Å². The van der Waals surface area contributed by atoms with Gasteiger partial charge in [-0.15, -0.1) is 0 Å². The molecule has 0 spiro atoms. The number of nitrogens with zero attached hydrogens (tertiary/aromatic N) is 1. The van der Waals surface area contributed by atoms with E-state index in [1.165, 1.54) is 12.8 Å². The van der Waals surface area contributed by atoms with Crippen molar-refractivity contribution in [1.29, 1.82) is 0 Å². The van der Waals surface area contributed by atoms with Crippen molar-refractivity contribution in [2.75, 3.05) is 19.6 Å². The molecule has 0 aliphatic carbocycles. The van der Waals surface area contributed by atoms with Crippen LogP contribution in [0.1, 0.15) is 25.7 Å². The minimum Gasteiger partial charge on any atom is -0.338 e. The van der Waals surface area contributed by atoms with Crippen LogP contribution >= 0.6 is 0 Å². The highest BCUT2D eigenvalue weighted by Gasteiger charge is 2.28. The van der Waals surface area contributed by atoms with Crippen LogP contribution in [-0.4, -0.2) is 36.5 Å². The van der Waals surface area contributed by atoms with Crippen LogP contribution in [0.15, 0.2) is 0 Å². The molecule has 1 N–H and O–H groups in total. The zero-order chi connectivity index (χ0) is 8.39. The minimum atomic E-state index is 0.365. The molecular weight excluding hydrogens is 152 g/mol. The molecule has 0 unspecified atom stereocenters. The van der Waals surface area contributed by atoms with Gasteiger partial charge in [-0.3, -0.25) is 4.79 Å². The Kier molecular flexibility index (Phi) is 2.30. The summed E-state index contributed by atoms with van der Waals surface area (Å²) < 4.78 is 0. The molecule has 2 heterocycles. The second kappa shape index (κ2) is 3.44. The third-order valence-corrected chi connectivity index (χ3v) is 2.82. The van der Waals surface area contributed by atoms with E-state index >= 15 is 0 Å². The van der Waals surface area contributed by atoms with E-state index in [1.54, 1.807) is 0 Å². The van der Waals surface area contributed by atoms with Gasteiger partial charge in [0, 0.05) is 25.6 Å². The summed E-state index contributed by atoms with van der Waals surface area (Å²) in [5.74, 6) is 0.365. The second-order valence-electron chi connectivity index (χ2n) is 3.69. The molecule has 2 fully saturated rings. The fourth-order valence-electron chi connectivity index (χ4n) is 2.15. The van der Waals surface area contributed by atoms with Crippen LogP contribution in [0.4, 0.5) is 0 Å². The van der Waals surface area contributed by atoms with E-state index in [-0.39, 0.29) is 0 Å². The first-order chi connectivity index (χ1) is 5.88. The lowest BCUT2D eigenvalue weighted by atomic mass is 10.1. The first-order valence-electron chi connectivity index (χ1n) is 4.88. The SMILES string of the molecule is O=C1CCCN1[C@H]1CCCNC1. The van der Waals surface area contributed by atoms with Gasteiger partial charge in [-0.1, -0.05) is 0 Å². The van der Waals surface area contributed by atoms with Crippen molar-refractivity contribution in [2.45, 2.75) is 31.7 Å². The van der Waals surface area contributed by atoms with Gasteiger partial charge in [-0.2, -0.15) is 0 Å². The largest absolute Gasteiger partial charge is 0.338 e. The Morgan fingerprint density at radius 2 is 2.33 bits per heavy atom. The summed E-state index contributed by atoms with van der Waals surface area (Å²) in [6.07, 6.45) is 4.25. The molecule has 2 saturated heterocycles. The zero-order valence-corrected chi connectivity index (χ0v) is 7.38. The van der Waals surface area contributed by atoms with Crippen molar-refractivity contribution in [1.82, 2.24) is 10.2 Å². The summed E-state index contributed by atoms with van der Waals surface area (Å²) in [6.45, 7) is 3.12. The Morgan fingerprint density at radius 1 is 1.42 bits per heavy atom. The summed E-state index contributed by atoms with van der Waals surface area (Å²) in [5.41, 5.74) is 0. The van der Waals surface area contributed by atoms with Crippen molar-refractivity contribution in [2.24, 2.45) is 0 Å². The van der Waals surface area contributed by atoms with Crippen molar-refractivity contribution in [3.63, 3.8) is 0 Å². The van der Waals surface area contributed by atoms with Gasteiger partial charge in [-0.25, -0.2) is 0 Å². The topological polar surface area (TPSA) is 32.3 Å². The van der Waals surface area contributed by atoms with E-state index in [4.69, 9.17) is 0 Å². The van der Waals surface area contributed by atoms with Crippen molar-refractivity contribution in [3.05, 3.63) is 0 Å². The van der Waals surface area contributed by atoms with E-state index in [9.17, 15) is 4.79 Å². The summed E-state index contributed by atoms with van der Waals surface area (Å²) in [4.78, 5) is 13.4. The monoisotopic (exact) mass is 168 g/mol. The number of carbonyl (C=O) groups is 1. The quantitative estimate of drug-likeness (QED) is 0.613. The van der Waals surface area contributed by atoms with E-state index in [2.05, 4.69) is 10.2 Å². The molecule has 3 nitrogen and oxygen atoms in total. The number of rotatable bonds is 1. The van der Waals surface area contributed by atoms with Crippen LogP contribution in [0.2, 0.25) is 0 Å². The minimum absolute atomic E-state index is 0.365. The standard InChI is InChI=1S/C9H16N2O/c12-9-4-2-6-11(9)8-3-1-5-10-7-8/h8,10H,1-7H2/t8-/m0/s1. The van der Waals surface area contributed by atoms with Crippen LogP contribution in [0.25, 0.3) is 0 Å². The molecule has 0 aromatic heterocycles. The van der Waals surface area contributed by atoms with E-state index < -0.39 is 0 Å². The lowest BCUT2D eigenvalue weighted by Gasteiger charge is -2.31. The van der Waals surface area contributed by atoms with Crippen molar-refractivity contribution in [3.8, 4) is 0 Å². The summed E-state index contributed by atoms with van der Waals surface area (Å²) in [7, 11) is 0. The number of amides is 1. The maximum atomic E-state index is 11.4. The Balaban J connectivity index is 1.93. The second-order valence-corrected chi connectivity index (χ2v) is 3.69. The number of hydrogen-bond acceptors (Lipinski definition) is 2. The van der Waals surface area contributed by atoms with Crippen LogP contribution in [0, 0.1) is 0 Å². The lowest BCUT2D eigenvalue weighted by Crippen LogP contribution is -2.46. The highest BCUT2D eigenvalue weighted by molar-refractivity contribution is 5.78. The fraction of sp³-hybridized carbons (Fsp3) is 0.889. The Labute approximate surface area is 73.1 Å². The Morgan fingerprint density at radius 3 is 2.92 bits per heavy atom. The number of carbonyl (C=O) groups excluding carboxylic acids is 1. The molecule has 0 radical (unpaired) electrons. The first-order valence-corrected chi connectivity index (χ1v) is 4.88. The third kappa shape index (κ3) is 1.46. The van der Waals surface area contributed by atoms with Gasteiger partial charge >= 0.3 is 0 Å².